The van der Waals surface area contributed by atoms with Crippen molar-refractivity contribution < 1.29 is 4.74 Å². The van der Waals surface area contributed by atoms with E-state index in [0.717, 1.165) is 32.7 Å². The van der Waals surface area contributed by atoms with Gasteiger partial charge in [-0.2, -0.15) is 0 Å². The van der Waals surface area contributed by atoms with Crippen LogP contribution in [0.25, 0.3) is 0 Å². The lowest BCUT2D eigenvalue weighted by Crippen LogP contribution is -2.18. The van der Waals surface area contributed by atoms with Crippen molar-refractivity contribution in [2.24, 2.45) is 0 Å². The fraction of sp³-hybridized carbons (Fsp3) is 0.667. The molecule has 0 aliphatic rings. The van der Waals surface area contributed by atoms with Crippen LogP contribution in [0.4, 0.5) is 0 Å². The molecule has 0 aliphatic carbocycles. The van der Waals surface area contributed by atoms with Crippen molar-refractivity contribution in [1.29, 1.82) is 0 Å². The van der Waals surface area contributed by atoms with Gasteiger partial charge in [-0.3, -0.25) is 0 Å². The van der Waals surface area contributed by atoms with Crippen LogP contribution in [0.2, 0.25) is 0 Å². The second-order valence-electron chi connectivity index (χ2n) is 3.72. The van der Waals surface area contributed by atoms with Crippen LogP contribution in [0, 0.1) is 0 Å². The van der Waals surface area contributed by atoms with Crippen LogP contribution in [-0.4, -0.2) is 24.8 Å². The van der Waals surface area contributed by atoms with E-state index in [-0.39, 0.29) is 0 Å². The molecule has 3 nitrogen and oxygen atoms in total. The van der Waals surface area contributed by atoms with E-state index >= 15 is 0 Å². The molecule has 0 atom stereocenters. The summed E-state index contributed by atoms with van der Waals surface area (Å²) in [5, 5.41) is 3.42. The molecule has 15 heavy (non-hydrogen) atoms. The van der Waals surface area contributed by atoms with Crippen LogP contribution in [0.5, 0.6) is 0 Å². The molecule has 1 aromatic rings. The summed E-state index contributed by atoms with van der Waals surface area (Å²) in [5.74, 6) is 0. The average Bonchev–Trinajstić information content (AvgIpc) is 2.66. The molecule has 0 fully saturated rings. The standard InChI is InChI=1S/C12H22N2O/c1-3-8-14-9-4-6-12(14)11-13-7-5-10-15-2/h4,6,9,13H,3,5,7-8,10-11H2,1-2H3. The van der Waals surface area contributed by atoms with Gasteiger partial charge in [0.25, 0.3) is 0 Å². The first-order chi connectivity index (χ1) is 7.38. The average molecular weight is 210 g/mol. The van der Waals surface area contributed by atoms with Gasteiger partial charge >= 0.3 is 0 Å². The minimum absolute atomic E-state index is 0.836. The van der Waals surface area contributed by atoms with Gasteiger partial charge in [0.15, 0.2) is 0 Å². The smallest absolute Gasteiger partial charge is 0.0474 e. The van der Waals surface area contributed by atoms with Crippen LogP contribution >= 0.6 is 0 Å². The summed E-state index contributed by atoms with van der Waals surface area (Å²) in [6.45, 7) is 6.13. The number of hydrogen-bond acceptors (Lipinski definition) is 2. The molecule has 0 aromatic carbocycles. The minimum atomic E-state index is 0.836. The molecule has 1 aromatic heterocycles. The van der Waals surface area contributed by atoms with Gasteiger partial charge in [0, 0.05) is 38.7 Å². The van der Waals surface area contributed by atoms with Gasteiger partial charge in [-0.15, -0.1) is 0 Å². The molecule has 1 rings (SSSR count). The summed E-state index contributed by atoms with van der Waals surface area (Å²) in [5.41, 5.74) is 1.37. The predicted octanol–water partition coefficient (Wildman–Crippen LogP) is 2.02. The Morgan fingerprint density at radius 3 is 3.07 bits per heavy atom. The molecular formula is C12H22N2O. The van der Waals surface area contributed by atoms with Crippen molar-refractivity contribution in [2.75, 3.05) is 20.3 Å². The topological polar surface area (TPSA) is 26.2 Å². The van der Waals surface area contributed by atoms with E-state index in [1.807, 2.05) is 0 Å². The summed E-state index contributed by atoms with van der Waals surface area (Å²) in [4.78, 5) is 0. The van der Waals surface area contributed by atoms with Gasteiger partial charge in [0.2, 0.25) is 0 Å². The zero-order valence-electron chi connectivity index (χ0n) is 9.83. The van der Waals surface area contributed by atoms with Crippen LogP contribution < -0.4 is 5.32 Å². The van der Waals surface area contributed by atoms with Crippen molar-refractivity contribution in [3.05, 3.63) is 24.0 Å². The second kappa shape index (κ2) is 7.49. The Bertz CT molecular complexity index is 258. The van der Waals surface area contributed by atoms with E-state index in [0.29, 0.717) is 0 Å². The Kier molecular flexibility index (Phi) is 6.12. The van der Waals surface area contributed by atoms with Crippen LogP contribution in [0.3, 0.4) is 0 Å². The quantitative estimate of drug-likeness (QED) is 0.664. The third kappa shape index (κ3) is 4.49. The number of rotatable bonds is 8. The number of methoxy groups -OCH3 is 1. The molecule has 1 heterocycles. The highest BCUT2D eigenvalue weighted by atomic mass is 16.5. The fourth-order valence-electron chi connectivity index (χ4n) is 1.63. The summed E-state index contributed by atoms with van der Waals surface area (Å²) >= 11 is 0. The molecule has 0 spiro atoms. The fourth-order valence-corrected chi connectivity index (χ4v) is 1.63. The predicted molar refractivity (Wildman–Crippen MR) is 62.9 cm³/mol. The van der Waals surface area contributed by atoms with Gasteiger partial charge in [0.05, 0.1) is 0 Å². The minimum Gasteiger partial charge on any atom is -0.385 e. The van der Waals surface area contributed by atoms with E-state index < -0.39 is 0 Å². The lowest BCUT2D eigenvalue weighted by atomic mass is 10.3. The number of nitrogens with zero attached hydrogens (tertiary/aromatic N) is 1. The third-order valence-electron chi connectivity index (χ3n) is 2.40. The monoisotopic (exact) mass is 210 g/mol. The van der Waals surface area contributed by atoms with Crippen LogP contribution in [0.15, 0.2) is 18.3 Å². The van der Waals surface area contributed by atoms with Gasteiger partial charge in [0.1, 0.15) is 0 Å². The van der Waals surface area contributed by atoms with Crippen molar-refractivity contribution in [2.45, 2.75) is 32.9 Å². The van der Waals surface area contributed by atoms with Crippen molar-refractivity contribution in [3.63, 3.8) is 0 Å². The Morgan fingerprint density at radius 2 is 2.33 bits per heavy atom. The van der Waals surface area contributed by atoms with Gasteiger partial charge in [-0.1, -0.05) is 6.92 Å². The maximum Gasteiger partial charge on any atom is 0.0474 e. The molecule has 0 bridgehead atoms. The molecule has 0 saturated heterocycles. The molecule has 3 heteroatoms. The Labute approximate surface area is 92.4 Å². The SMILES string of the molecule is CCCn1cccc1CNCCCOC. The largest absolute Gasteiger partial charge is 0.385 e. The normalized spacial score (nSPS) is 10.8. The number of aromatic nitrogens is 1. The van der Waals surface area contributed by atoms with Crippen LogP contribution in [-0.2, 0) is 17.8 Å². The van der Waals surface area contributed by atoms with Crippen molar-refractivity contribution >= 4 is 0 Å². The lowest BCUT2D eigenvalue weighted by molar-refractivity contribution is 0.194. The first-order valence-corrected chi connectivity index (χ1v) is 5.72. The number of nitrogens with one attached hydrogen (secondary N) is 1. The molecule has 0 radical (unpaired) electrons. The second-order valence-corrected chi connectivity index (χ2v) is 3.72. The Morgan fingerprint density at radius 1 is 1.47 bits per heavy atom. The molecule has 0 saturated carbocycles. The molecule has 0 unspecified atom stereocenters. The molecule has 0 aliphatic heterocycles. The van der Waals surface area contributed by atoms with E-state index in [1.165, 1.54) is 12.1 Å². The van der Waals surface area contributed by atoms with E-state index in [2.05, 4.69) is 35.1 Å². The van der Waals surface area contributed by atoms with Gasteiger partial charge in [-0.25, -0.2) is 0 Å². The summed E-state index contributed by atoms with van der Waals surface area (Å²) in [7, 11) is 1.74. The van der Waals surface area contributed by atoms with E-state index in [4.69, 9.17) is 4.74 Å². The Hall–Kier alpha value is -0.800. The molecule has 86 valence electrons. The molecular weight excluding hydrogens is 188 g/mol. The number of hydrogen-bond donors (Lipinski definition) is 1. The summed E-state index contributed by atoms with van der Waals surface area (Å²) < 4.78 is 7.31. The maximum atomic E-state index is 5.00. The van der Waals surface area contributed by atoms with Crippen molar-refractivity contribution in [3.8, 4) is 0 Å². The number of ether oxygens (including phenoxy) is 1. The molecule has 0 amide bonds. The van der Waals surface area contributed by atoms with Gasteiger partial charge < -0.3 is 14.6 Å². The van der Waals surface area contributed by atoms with Gasteiger partial charge in [-0.05, 0) is 31.5 Å². The summed E-state index contributed by atoms with van der Waals surface area (Å²) in [6.07, 6.45) is 4.41. The zero-order chi connectivity index (χ0) is 10.9. The van der Waals surface area contributed by atoms with Crippen molar-refractivity contribution in [1.82, 2.24) is 9.88 Å². The van der Waals surface area contributed by atoms with E-state index in [9.17, 15) is 0 Å². The first kappa shape index (κ1) is 12.3. The molecule has 1 N–H and O–H groups in total. The van der Waals surface area contributed by atoms with Crippen LogP contribution in [0.1, 0.15) is 25.5 Å². The summed E-state index contributed by atoms with van der Waals surface area (Å²) in [6, 6.07) is 4.29. The van der Waals surface area contributed by atoms with E-state index in [1.54, 1.807) is 7.11 Å². The lowest BCUT2D eigenvalue weighted by Gasteiger charge is -2.08. The highest BCUT2D eigenvalue weighted by Crippen LogP contribution is 2.02. The first-order valence-electron chi connectivity index (χ1n) is 5.72. The highest BCUT2D eigenvalue weighted by Gasteiger charge is 1.98. The maximum absolute atomic E-state index is 5.00. The zero-order valence-corrected chi connectivity index (χ0v) is 9.83. The highest BCUT2D eigenvalue weighted by molar-refractivity contribution is 5.06. The third-order valence-corrected chi connectivity index (χ3v) is 2.40. The Balaban J connectivity index is 2.21. The number of aryl methyl sites for hydroxylation is 1.